The third-order valence-corrected chi connectivity index (χ3v) is 5.74. The highest BCUT2D eigenvalue weighted by molar-refractivity contribution is 5.77. The lowest BCUT2D eigenvalue weighted by atomic mass is 9.59. The van der Waals surface area contributed by atoms with Gasteiger partial charge in [0.15, 0.2) is 0 Å². The van der Waals surface area contributed by atoms with Gasteiger partial charge in [-0.3, -0.25) is 0 Å². The Bertz CT molecular complexity index is 1370. The molecule has 2 atom stereocenters. The van der Waals surface area contributed by atoms with E-state index in [-0.39, 0.29) is 11.3 Å². The van der Waals surface area contributed by atoms with Crippen LogP contribution in [0.2, 0.25) is 0 Å². The monoisotopic (exact) mass is 382 g/mol. The van der Waals surface area contributed by atoms with Crippen LogP contribution in [0.25, 0.3) is 0 Å². The van der Waals surface area contributed by atoms with Gasteiger partial charge >= 0.3 is 0 Å². The summed E-state index contributed by atoms with van der Waals surface area (Å²) in [6, 6.07) is 20.0. The van der Waals surface area contributed by atoms with Gasteiger partial charge in [0.1, 0.15) is 0 Å². The molecule has 1 nitrogen and oxygen atoms in total. The van der Waals surface area contributed by atoms with E-state index < -0.39 is 55.3 Å². The van der Waals surface area contributed by atoms with Crippen LogP contribution in [0.5, 0.6) is 0 Å². The molecule has 0 fully saturated rings. The van der Waals surface area contributed by atoms with Crippen molar-refractivity contribution in [3.8, 4) is 0 Å². The normalized spacial score (nSPS) is 34.0. The fourth-order valence-corrected chi connectivity index (χ4v) is 3.89. The lowest BCUT2D eigenvalue weighted by Crippen LogP contribution is -2.42. The molecular weight excluding hydrogens is 338 g/mol. The predicted molar refractivity (Wildman–Crippen MR) is 121 cm³/mol. The van der Waals surface area contributed by atoms with Gasteiger partial charge in [-0.25, -0.2) is 0 Å². The minimum absolute atomic E-state index is 0.136. The molecular formula is C27H31N. The van der Waals surface area contributed by atoms with Crippen LogP contribution in [0.4, 0.5) is 17.1 Å². The number of nitrogens with zero attached hydrogens (tertiary/aromatic N) is 1. The summed E-state index contributed by atoms with van der Waals surface area (Å²) in [6.45, 7) is -11.8. The summed E-state index contributed by atoms with van der Waals surface area (Å²) < 4.78 is 112. The Hall–Kier alpha value is -2.54. The van der Waals surface area contributed by atoms with Gasteiger partial charge in [-0.2, -0.15) is 0 Å². The average Bonchev–Trinajstić information content (AvgIpc) is 3.05. The van der Waals surface area contributed by atoms with Gasteiger partial charge < -0.3 is 4.90 Å². The number of benzene rings is 3. The molecule has 0 bridgehead atoms. The zero-order valence-electron chi connectivity index (χ0n) is 28.9. The largest absolute Gasteiger partial charge is 0.310 e. The summed E-state index contributed by atoms with van der Waals surface area (Å²) in [6.07, 6.45) is 0. The van der Waals surface area contributed by atoms with E-state index in [0.717, 1.165) is 13.8 Å². The smallest absolute Gasteiger partial charge is 0.0648 e. The van der Waals surface area contributed by atoms with E-state index in [1.165, 1.54) is 12.1 Å². The highest BCUT2D eigenvalue weighted by atomic mass is 15.1. The zero-order valence-corrected chi connectivity index (χ0v) is 15.9. The summed E-state index contributed by atoms with van der Waals surface area (Å²) in [4.78, 5) is 1.67. The lowest BCUT2D eigenvalue weighted by molar-refractivity contribution is 0.125. The predicted octanol–water partition coefficient (Wildman–Crippen LogP) is 7.75. The molecule has 2 unspecified atom stereocenters. The molecule has 0 saturated carbocycles. The van der Waals surface area contributed by atoms with E-state index in [0.29, 0.717) is 11.4 Å². The highest BCUT2D eigenvalue weighted by Crippen LogP contribution is 2.62. The second-order valence-corrected chi connectivity index (χ2v) is 7.64. The fourth-order valence-electron chi connectivity index (χ4n) is 3.89. The van der Waals surface area contributed by atoms with Gasteiger partial charge in [-0.1, -0.05) is 83.7 Å². The third kappa shape index (κ3) is 2.53. The fraction of sp³-hybridized carbons (Fsp3) is 0.333. The molecule has 0 aromatic heterocycles. The summed E-state index contributed by atoms with van der Waals surface area (Å²) in [7, 11) is 0. The number of anilines is 3. The SMILES string of the molecule is [2H]c1c(N(c2ccccc2)c2ccccc2)ccc2c1C(C)(C([2H])([2H])[2H])C(C([2H])([2H])[2H])(C([2H])([2H])[2H])C2(C)C([2H])([2H])[2H]. The van der Waals surface area contributed by atoms with E-state index in [2.05, 4.69) is 0 Å². The van der Waals surface area contributed by atoms with Crippen LogP contribution in [0.15, 0.2) is 78.8 Å². The molecule has 3 aromatic carbocycles. The Balaban J connectivity index is 2.26. The van der Waals surface area contributed by atoms with Crippen molar-refractivity contribution >= 4 is 17.1 Å². The van der Waals surface area contributed by atoms with Crippen LogP contribution < -0.4 is 4.90 Å². The first kappa shape index (κ1) is 8.86. The van der Waals surface area contributed by atoms with E-state index in [9.17, 15) is 1.37 Å². The Labute approximate surface area is 188 Å². The molecule has 1 aliphatic carbocycles. The van der Waals surface area contributed by atoms with Crippen LogP contribution >= 0.6 is 0 Å². The summed E-state index contributed by atoms with van der Waals surface area (Å²) in [5.41, 5.74) is -8.21. The maximum atomic E-state index is 9.42. The number of para-hydroxylation sites is 2. The van der Waals surface area contributed by atoms with Crippen LogP contribution in [-0.4, -0.2) is 0 Å². The Morgan fingerprint density at radius 2 is 1.18 bits per heavy atom. The first-order chi connectivity index (χ1) is 18.6. The minimum atomic E-state index is -3.60. The van der Waals surface area contributed by atoms with Gasteiger partial charge in [0.05, 0.1) is 1.37 Å². The van der Waals surface area contributed by atoms with Crippen molar-refractivity contribution in [3.63, 3.8) is 0 Å². The Kier molecular flexibility index (Phi) is 1.97. The molecule has 0 spiro atoms. The van der Waals surface area contributed by atoms with Crippen molar-refractivity contribution in [3.05, 3.63) is 90.0 Å². The third-order valence-electron chi connectivity index (χ3n) is 5.74. The standard InChI is InChI=1S/C27H31N/c1-25(2)23-18-17-22(19-24(23)26(3,4)27(25,5)6)28(20-13-9-7-10-14-20)21-15-11-8-12-16-21/h7-19H,1-6H3/i1D3,3D3,5D3,6D3,19D. The Morgan fingerprint density at radius 1 is 0.643 bits per heavy atom. The first-order valence-electron chi connectivity index (χ1n) is 15.7. The van der Waals surface area contributed by atoms with Gasteiger partial charge in [0, 0.05) is 33.5 Å². The quantitative estimate of drug-likeness (QED) is 0.447. The molecule has 0 saturated heterocycles. The summed E-state index contributed by atoms with van der Waals surface area (Å²) >= 11 is 0. The van der Waals surface area contributed by atoms with Gasteiger partial charge in [0.25, 0.3) is 0 Å². The molecule has 0 amide bonds. The molecule has 1 heteroatoms. The lowest BCUT2D eigenvalue weighted by Gasteiger charge is -2.44. The van der Waals surface area contributed by atoms with Crippen LogP contribution in [-0.2, 0) is 10.8 Å². The van der Waals surface area contributed by atoms with Gasteiger partial charge in [-0.05, 0) is 63.7 Å². The van der Waals surface area contributed by atoms with Crippen molar-refractivity contribution in [1.29, 1.82) is 0 Å². The Morgan fingerprint density at radius 3 is 1.68 bits per heavy atom. The van der Waals surface area contributed by atoms with Crippen molar-refractivity contribution in [2.75, 3.05) is 4.90 Å². The average molecular weight is 383 g/mol. The number of fused-ring (bicyclic) bond motifs is 1. The van der Waals surface area contributed by atoms with E-state index in [4.69, 9.17) is 16.4 Å². The van der Waals surface area contributed by atoms with Crippen molar-refractivity contribution in [1.82, 2.24) is 0 Å². The van der Waals surface area contributed by atoms with Crippen molar-refractivity contribution in [2.24, 2.45) is 5.41 Å². The zero-order chi connectivity index (χ0) is 31.0. The number of hydrogen-bond acceptors (Lipinski definition) is 1. The summed E-state index contributed by atoms with van der Waals surface area (Å²) in [5, 5.41) is 0. The molecule has 0 N–H and O–H groups in total. The topological polar surface area (TPSA) is 3.24 Å². The second-order valence-electron chi connectivity index (χ2n) is 7.64. The number of hydrogen-bond donors (Lipinski definition) is 0. The van der Waals surface area contributed by atoms with Crippen LogP contribution in [0.3, 0.4) is 0 Å². The van der Waals surface area contributed by atoms with Gasteiger partial charge in [-0.15, -0.1) is 0 Å². The molecule has 144 valence electrons. The van der Waals surface area contributed by atoms with Crippen LogP contribution in [0, 0.1) is 5.41 Å². The highest BCUT2D eigenvalue weighted by Gasteiger charge is 2.56. The maximum Gasteiger partial charge on any atom is 0.0648 e. The molecule has 0 aliphatic heterocycles. The van der Waals surface area contributed by atoms with Crippen LogP contribution in [0.1, 0.15) is 70.2 Å². The minimum Gasteiger partial charge on any atom is -0.310 e. The van der Waals surface area contributed by atoms with E-state index in [1.807, 2.05) is 0 Å². The van der Waals surface area contributed by atoms with Crippen molar-refractivity contribution < 1.29 is 17.8 Å². The second kappa shape index (κ2) is 6.24. The molecule has 0 heterocycles. The molecule has 4 rings (SSSR count). The molecule has 1 aliphatic rings. The van der Waals surface area contributed by atoms with Crippen molar-refractivity contribution in [2.45, 2.75) is 52.1 Å². The summed E-state index contributed by atoms with van der Waals surface area (Å²) in [5.74, 6) is 0. The molecule has 3 aromatic rings. The molecule has 28 heavy (non-hydrogen) atoms. The maximum absolute atomic E-state index is 9.42. The van der Waals surface area contributed by atoms with E-state index in [1.54, 1.807) is 65.6 Å². The number of rotatable bonds is 3. The molecule has 0 radical (unpaired) electrons. The van der Waals surface area contributed by atoms with Gasteiger partial charge in [0.2, 0.25) is 0 Å². The van der Waals surface area contributed by atoms with E-state index >= 15 is 0 Å². The first-order valence-corrected chi connectivity index (χ1v) is 9.15.